The molecule has 0 radical (unpaired) electrons. The van der Waals surface area contributed by atoms with Crippen LogP contribution in [0, 0.1) is 0 Å². The zero-order chi connectivity index (χ0) is 31.2. The van der Waals surface area contributed by atoms with Crippen molar-refractivity contribution in [2.45, 2.75) is 6.17 Å². The van der Waals surface area contributed by atoms with Crippen LogP contribution in [0.25, 0.3) is 55.0 Å². The molecule has 0 fully saturated rings. The van der Waals surface area contributed by atoms with E-state index in [9.17, 15) is 0 Å². The second-order valence-electron chi connectivity index (χ2n) is 11.8. The van der Waals surface area contributed by atoms with Gasteiger partial charge in [-0.2, -0.15) is 0 Å². The van der Waals surface area contributed by atoms with E-state index in [4.69, 9.17) is 14.4 Å². The molecule has 4 nitrogen and oxygen atoms in total. The van der Waals surface area contributed by atoms with E-state index in [1.807, 2.05) is 36.4 Å². The molecule has 0 aliphatic carbocycles. The summed E-state index contributed by atoms with van der Waals surface area (Å²) in [6.45, 7) is 0. The summed E-state index contributed by atoms with van der Waals surface area (Å²) in [7, 11) is 0. The van der Waals surface area contributed by atoms with E-state index >= 15 is 0 Å². The minimum Gasteiger partial charge on any atom is -0.455 e. The van der Waals surface area contributed by atoms with Crippen LogP contribution in [0.5, 0.6) is 0 Å². The van der Waals surface area contributed by atoms with Crippen molar-refractivity contribution in [3.8, 4) is 22.3 Å². The van der Waals surface area contributed by atoms with Crippen molar-refractivity contribution in [2.75, 3.05) is 0 Å². The third-order valence-electron chi connectivity index (χ3n) is 8.97. The average molecular weight is 604 g/mol. The number of hydrogen-bond acceptors (Lipinski definition) is 4. The Morgan fingerprint density at radius 2 is 1.13 bits per heavy atom. The number of fused-ring (bicyclic) bond motifs is 4. The number of aliphatic imine (C=N–C) groups is 2. The Hall–Kier alpha value is -6.26. The first-order valence-electron chi connectivity index (χ1n) is 15.9. The van der Waals surface area contributed by atoms with Crippen LogP contribution in [-0.2, 0) is 0 Å². The van der Waals surface area contributed by atoms with Gasteiger partial charge in [0.15, 0.2) is 5.84 Å². The first kappa shape index (κ1) is 27.1. The molecule has 0 amide bonds. The van der Waals surface area contributed by atoms with Crippen molar-refractivity contribution in [3.63, 3.8) is 0 Å². The quantitative estimate of drug-likeness (QED) is 0.213. The monoisotopic (exact) mass is 603 g/mol. The summed E-state index contributed by atoms with van der Waals surface area (Å²) >= 11 is 0. The van der Waals surface area contributed by atoms with Crippen molar-refractivity contribution in [3.05, 3.63) is 180 Å². The first-order chi connectivity index (χ1) is 23.3. The Balaban J connectivity index is 1.23. The molecule has 222 valence electrons. The number of furan rings is 1. The fourth-order valence-electron chi connectivity index (χ4n) is 6.66. The summed E-state index contributed by atoms with van der Waals surface area (Å²) in [5.74, 6) is 1.45. The zero-order valence-electron chi connectivity index (χ0n) is 25.5. The molecule has 2 heterocycles. The number of nitrogens with zero attached hydrogens (tertiary/aromatic N) is 2. The van der Waals surface area contributed by atoms with E-state index in [0.29, 0.717) is 5.84 Å². The van der Waals surface area contributed by atoms with Gasteiger partial charge in [-0.1, -0.05) is 146 Å². The van der Waals surface area contributed by atoms with Crippen LogP contribution >= 0.6 is 0 Å². The second-order valence-corrected chi connectivity index (χ2v) is 11.8. The Bertz CT molecular complexity index is 2470. The number of hydrogen-bond donors (Lipinski definition) is 1. The minimum atomic E-state index is -0.307. The van der Waals surface area contributed by atoms with Gasteiger partial charge in [0.1, 0.15) is 23.2 Å². The van der Waals surface area contributed by atoms with Crippen LogP contribution in [-0.4, -0.2) is 11.7 Å². The van der Waals surface area contributed by atoms with Gasteiger partial charge in [0.25, 0.3) is 0 Å². The van der Waals surface area contributed by atoms with Crippen molar-refractivity contribution in [1.82, 2.24) is 5.32 Å². The lowest BCUT2D eigenvalue weighted by Gasteiger charge is -2.24. The molecule has 1 aliphatic rings. The maximum Gasteiger partial charge on any atom is 0.159 e. The largest absolute Gasteiger partial charge is 0.455 e. The smallest absolute Gasteiger partial charge is 0.159 e. The van der Waals surface area contributed by atoms with E-state index in [2.05, 4.69) is 133 Å². The third-order valence-corrected chi connectivity index (χ3v) is 8.97. The van der Waals surface area contributed by atoms with Crippen LogP contribution in [0.15, 0.2) is 178 Å². The van der Waals surface area contributed by atoms with E-state index in [-0.39, 0.29) is 6.17 Å². The van der Waals surface area contributed by atoms with Gasteiger partial charge in [-0.3, -0.25) is 0 Å². The lowest BCUT2D eigenvalue weighted by Crippen LogP contribution is -2.33. The number of rotatable bonds is 5. The summed E-state index contributed by atoms with van der Waals surface area (Å²) in [4.78, 5) is 10.3. The van der Waals surface area contributed by atoms with Gasteiger partial charge in [0.2, 0.25) is 0 Å². The summed E-state index contributed by atoms with van der Waals surface area (Å²) in [5, 5.41) is 8.15. The van der Waals surface area contributed by atoms with Crippen molar-refractivity contribution < 1.29 is 4.42 Å². The Labute approximate surface area is 272 Å². The summed E-state index contributed by atoms with van der Waals surface area (Å²) in [5.41, 5.74) is 9.22. The van der Waals surface area contributed by atoms with E-state index in [1.165, 1.54) is 16.3 Å². The molecule has 1 aromatic heterocycles. The summed E-state index contributed by atoms with van der Waals surface area (Å²) < 4.78 is 6.68. The molecule has 0 spiro atoms. The number of amidine groups is 2. The van der Waals surface area contributed by atoms with Gasteiger partial charge in [-0.05, 0) is 51.2 Å². The van der Waals surface area contributed by atoms with E-state index in [1.54, 1.807) is 0 Å². The molecule has 8 aromatic rings. The fraction of sp³-hybridized carbons (Fsp3) is 0.0233. The van der Waals surface area contributed by atoms with Crippen molar-refractivity contribution in [2.24, 2.45) is 9.98 Å². The van der Waals surface area contributed by atoms with Crippen LogP contribution in [0.2, 0.25) is 0 Å². The lowest BCUT2D eigenvalue weighted by atomic mass is 9.94. The molecule has 47 heavy (non-hydrogen) atoms. The Morgan fingerprint density at radius 1 is 0.489 bits per heavy atom. The summed E-state index contributed by atoms with van der Waals surface area (Å²) in [6, 6.07) is 56.8. The molecule has 1 N–H and O–H groups in total. The van der Waals surface area contributed by atoms with Crippen molar-refractivity contribution in [1.29, 1.82) is 0 Å². The number of para-hydroxylation sites is 1. The number of nitrogens with one attached hydrogen (secondary N) is 1. The molecule has 1 atom stereocenters. The molecule has 1 unspecified atom stereocenters. The van der Waals surface area contributed by atoms with E-state index < -0.39 is 0 Å². The normalized spacial score (nSPS) is 14.6. The van der Waals surface area contributed by atoms with Gasteiger partial charge < -0.3 is 9.73 Å². The van der Waals surface area contributed by atoms with Gasteiger partial charge >= 0.3 is 0 Å². The molecule has 9 rings (SSSR count). The fourth-order valence-corrected chi connectivity index (χ4v) is 6.66. The van der Waals surface area contributed by atoms with E-state index in [0.717, 1.165) is 61.2 Å². The lowest BCUT2D eigenvalue weighted by molar-refractivity contribution is 0.668. The second kappa shape index (κ2) is 11.3. The highest BCUT2D eigenvalue weighted by molar-refractivity contribution is 6.24. The third kappa shape index (κ3) is 4.79. The highest BCUT2D eigenvalue weighted by Gasteiger charge is 2.25. The van der Waals surface area contributed by atoms with Crippen LogP contribution in [0.1, 0.15) is 22.9 Å². The molecule has 4 heteroatoms. The van der Waals surface area contributed by atoms with Gasteiger partial charge in [0.05, 0.1) is 0 Å². The molecule has 0 saturated heterocycles. The maximum absolute atomic E-state index is 6.68. The van der Waals surface area contributed by atoms with Crippen LogP contribution in [0.4, 0.5) is 0 Å². The number of benzene rings is 7. The van der Waals surface area contributed by atoms with Gasteiger partial charge in [-0.25, -0.2) is 9.98 Å². The maximum atomic E-state index is 6.68. The van der Waals surface area contributed by atoms with Gasteiger partial charge in [-0.15, -0.1) is 0 Å². The molecule has 0 bridgehead atoms. The first-order valence-corrected chi connectivity index (χ1v) is 15.9. The Morgan fingerprint density at radius 3 is 1.96 bits per heavy atom. The van der Waals surface area contributed by atoms with Crippen molar-refractivity contribution >= 4 is 44.4 Å². The zero-order valence-corrected chi connectivity index (χ0v) is 25.5. The molecular weight excluding hydrogens is 574 g/mol. The molecular formula is C43H29N3O. The summed E-state index contributed by atoms with van der Waals surface area (Å²) in [6.07, 6.45) is -0.307. The van der Waals surface area contributed by atoms with Crippen LogP contribution < -0.4 is 5.32 Å². The predicted octanol–water partition coefficient (Wildman–Crippen LogP) is 10.6. The highest BCUT2D eigenvalue weighted by atomic mass is 16.3. The molecule has 7 aromatic carbocycles. The van der Waals surface area contributed by atoms with Crippen LogP contribution in [0.3, 0.4) is 0 Å². The average Bonchev–Trinajstić information content (AvgIpc) is 3.55. The SMILES string of the molecule is c1ccc(-c2ccc(C3=NC(c4ccccc4)NC(c4ccc(-c5cccc6ccccc56)c5oc6ccccc6c45)=N3)cc2)cc1. The minimum absolute atomic E-state index is 0.307. The molecule has 0 saturated carbocycles. The topological polar surface area (TPSA) is 49.9 Å². The molecule has 1 aliphatic heterocycles. The Kier molecular flexibility index (Phi) is 6.50. The standard InChI is InChI=1S/C43H29N3O/c1-3-12-28(13-4-1)29-22-24-32(25-23-29)42-44-41(31-15-5-2-6-16-31)45-43(46-42)37-27-26-35(34-20-11-17-30-14-7-8-18-33(30)34)40-39(37)36-19-9-10-21-38(36)47-40/h1-27,41H,(H,44,45,46). The van der Waals surface area contributed by atoms with Gasteiger partial charge in [0, 0.05) is 27.5 Å². The predicted molar refractivity (Wildman–Crippen MR) is 194 cm³/mol. The highest BCUT2D eigenvalue weighted by Crippen LogP contribution is 2.40.